The quantitative estimate of drug-likeness (QED) is 0.452. The number of allylic oxidation sites excluding steroid dienone is 1. The molecule has 4 nitrogen and oxygen atoms in total. The number of aldehydes is 1. The Labute approximate surface area is 151 Å². The summed E-state index contributed by atoms with van der Waals surface area (Å²) in [6.45, 7) is 1.97. The standard InChI is InChI=1S/C21H20FNO3/c1-2-14-12-17(13-24)20(16-8-10-18(22)11-9-16)21(23(25)26)19(14)15-6-4-3-5-7-15/h3-14,19-21H,2H2,1H3/t14-,19+,20+,21+/m1/s1. The van der Waals surface area contributed by atoms with Gasteiger partial charge in [-0.15, -0.1) is 0 Å². The SMILES string of the molecule is CC[C@@H]1C=C(C=O)[C@H](c2ccc(F)cc2)[C@@H]([N+](=O)[O-])[C@@H]1c1ccccc1. The van der Waals surface area contributed by atoms with Crippen molar-refractivity contribution in [1.82, 2.24) is 0 Å². The monoisotopic (exact) mass is 353 g/mol. The van der Waals surface area contributed by atoms with Crippen LogP contribution in [-0.4, -0.2) is 17.3 Å². The Bertz CT molecular complexity index is 817. The van der Waals surface area contributed by atoms with Crippen molar-refractivity contribution in [3.63, 3.8) is 0 Å². The van der Waals surface area contributed by atoms with Crippen LogP contribution < -0.4 is 0 Å². The number of benzene rings is 2. The average Bonchev–Trinajstić information content (AvgIpc) is 2.67. The van der Waals surface area contributed by atoms with E-state index in [0.717, 1.165) is 5.56 Å². The van der Waals surface area contributed by atoms with Gasteiger partial charge in [0, 0.05) is 10.5 Å². The van der Waals surface area contributed by atoms with Crippen LogP contribution in [0.15, 0.2) is 66.2 Å². The van der Waals surface area contributed by atoms with Gasteiger partial charge in [0.2, 0.25) is 6.04 Å². The van der Waals surface area contributed by atoms with E-state index in [2.05, 4.69) is 0 Å². The van der Waals surface area contributed by atoms with Gasteiger partial charge in [-0.1, -0.05) is 55.5 Å². The number of rotatable bonds is 5. The molecule has 2 aromatic carbocycles. The van der Waals surface area contributed by atoms with E-state index in [0.29, 0.717) is 23.8 Å². The number of nitro groups is 1. The van der Waals surface area contributed by atoms with Crippen LogP contribution in [0.25, 0.3) is 0 Å². The Balaban J connectivity index is 2.18. The lowest BCUT2D eigenvalue weighted by Gasteiger charge is -2.36. The third kappa shape index (κ3) is 3.29. The van der Waals surface area contributed by atoms with Crippen LogP contribution in [0, 0.1) is 21.8 Å². The van der Waals surface area contributed by atoms with Crippen LogP contribution in [0.4, 0.5) is 4.39 Å². The maximum atomic E-state index is 13.3. The summed E-state index contributed by atoms with van der Waals surface area (Å²) in [5.41, 5.74) is 1.87. The van der Waals surface area contributed by atoms with E-state index in [9.17, 15) is 19.3 Å². The third-order valence-electron chi connectivity index (χ3n) is 5.20. The molecule has 134 valence electrons. The van der Waals surface area contributed by atoms with Crippen LogP contribution in [0.3, 0.4) is 0 Å². The van der Waals surface area contributed by atoms with E-state index in [4.69, 9.17) is 0 Å². The molecule has 0 unspecified atom stereocenters. The molecule has 0 radical (unpaired) electrons. The van der Waals surface area contributed by atoms with E-state index in [1.807, 2.05) is 43.3 Å². The second kappa shape index (κ2) is 7.60. The molecule has 0 amide bonds. The molecule has 0 aliphatic heterocycles. The molecule has 3 rings (SSSR count). The predicted molar refractivity (Wildman–Crippen MR) is 97.0 cm³/mol. The van der Waals surface area contributed by atoms with Crippen molar-refractivity contribution in [3.05, 3.63) is 93.3 Å². The van der Waals surface area contributed by atoms with Crippen LogP contribution in [-0.2, 0) is 4.79 Å². The topological polar surface area (TPSA) is 60.2 Å². The lowest BCUT2D eigenvalue weighted by atomic mass is 9.66. The zero-order valence-corrected chi connectivity index (χ0v) is 14.4. The van der Waals surface area contributed by atoms with Gasteiger partial charge < -0.3 is 0 Å². The highest BCUT2D eigenvalue weighted by molar-refractivity contribution is 5.77. The summed E-state index contributed by atoms with van der Waals surface area (Å²) in [5, 5.41) is 12.1. The Kier molecular flexibility index (Phi) is 5.26. The molecule has 0 saturated heterocycles. The van der Waals surface area contributed by atoms with E-state index in [1.54, 1.807) is 0 Å². The van der Waals surface area contributed by atoms with Gasteiger partial charge in [0.05, 0.1) is 11.8 Å². The highest BCUT2D eigenvalue weighted by Gasteiger charge is 2.48. The van der Waals surface area contributed by atoms with E-state index in [-0.39, 0.29) is 16.8 Å². The zero-order valence-electron chi connectivity index (χ0n) is 14.4. The van der Waals surface area contributed by atoms with Gasteiger partial charge in [-0.2, -0.15) is 0 Å². The van der Waals surface area contributed by atoms with Crippen LogP contribution in [0.1, 0.15) is 36.3 Å². The summed E-state index contributed by atoms with van der Waals surface area (Å²) in [4.78, 5) is 23.5. The maximum absolute atomic E-state index is 13.3. The van der Waals surface area contributed by atoms with Gasteiger partial charge in [-0.05, 0) is 35.6 Å². The summed E-state index contributed by atoms with van der Waals surface area (Å²) in [6.07, 6.45) is 3.25. The Hall–Kier alpha value is -2.82. The summed E-state index contributed by atoms with van der Waals surface area (Å²) < 4.78 is 13.3. The first-order valence-corrected chi connectivity index (χ1v) is 8.67. The zero-order chi connectivity index (χ0) is 18.7. The minimum atomic E-state index is -0.988. The summed E-state index contributed by atoms with van der Waals surface area (Å²) in [7, 11) is 0. The molecule has 0 N–H and O–H groups in total. The number of halogens is 1. The number of hydrogen-bond donors (Lipinski definition) is 0. The molecule has 2 aromatic rings. The fourth-order valence-corrected chi connectivity index (χ4v) is 4.03. The lowest BCUT2D eigenvalue weighted by Crippen LogP contribution is -2.41. The highest BCUT2D eigenvalue weighted by Crippen LogP contribution is 2.46. The van der Waals surface area contributed by atoms with Crippen LogP contribution in [0.5, 0.6) is 0 Å². The van der Waals surface area contributed by atoms with Crippen molar-refractivity contribution in [3.8, 4) is 0 Å². The number of carbonyl (C=O) groups excluding carboxylic acids is 1. The Morgan fingerprint density at radius 1 is 1.08 bits per heavy atom. The molecule has 26 heavy (non-hydrogen) atoms. The van der Waals surface area contributed by atoms with Gasteiger partial charge in [-0.25, -0.2) is 4.39 Å². The van der Waals surface area contributed by atoms with Crippen molar-refractivity contribution < 1.29 is 14.1 Å². The normalized spacial score (nSPS) is 25.4. The molecule has 1 aliphatic carbocycles. The van der Waals surface area contributed by atoms with Gasteiger partial charge in [0.1, 0.15) is 12.1 Å². The van der Waals surface area contributed by atoms with E-state index >= 15 is 0 Å². The first-order chi connectivity index (χ1) is 12.6. The van der Waals surface area contributed by atoms with E-state index in [1.165, 1.54) is 24.3 Å². The lowest BCUT2D eigenvalue weighted by molar-refractivity contribution is -0.531. The molecule has 5 heteroatoms. The van der Waals surface area contributed by atoms with Crippen LogP contribution >= 0.6 is 0 Å². The predicted octanol–water partition coefficient (Wildman–Crippen LogP) is 4.50. The molecule has 0 spiro atoms. The molecule has 0 bridgehead atoms. The molecule has 0 saturated carbocycles. The first kappa shape index (κ1) is 18.0. The fourth-order valence-electron chi connectivity index (χ4n) is 4.03. The average molecular weight is 353 g/mol. The summed E-state index contributed by atoms with van der Waals surface area (Å²) in [5.74, 6) is -1.57. The van der Waals surface area contributed by atoms with Crippen LogP contribution in [0.2, 0.25) is 0 Å². The molecule has 0 heterocycles. The van der Waals surface area contributed by atoms with Crippen molar-refractivity contribution in [2.75, 3.05) is 0 Å². The highest BCUT2D eigenvalue weighted by atomic mass is 19.1. The second-order valence-electron chi connectivity index (χ2n) is 6.60. The van der Waals surface area contributed by atoms with Crippen molar-refractivity contribution >= 4 is 6.29 Å². The minimum Gasteiger partial charge on any atom is -0.298 e. The molecular weight excluding hydrogens is 333 g/mol. The Morgan fingerprint density at radius 3 is 2.27 bits per heavy atom. The number of carbonyl (C=O) groups is 1. The largest absolute Gasteiger partial charge is 0.298 e. The fraction of sp³-hybridized carbons (Fsp3) is 0.286. The maximum Gasteiger partial charge on any atom is 0.231 e. The molecular formula is C21H20FNO3. The number of nitrogens with zero attached hydrogens (tertiary/aromatic N) is 1. The van der Waals surface area contributed by atoms with Gasteiger partial charge in [0.25, 0.3) is 0 Å². The molecule has 0 aromatic heterocycles. The second-order valence-corrected chi connectivity index (χ2v) is 6.60. The smallest absolute Gasteiger partial charge is 0.231 e. The number of hydrogen-bond acceptors (Lipinski definition) is 3. The van der Waals surface area contributed by atoms with Crippen molar-refractivity contribution in [2.24, 2.45) is 5.92 Å². The molecule has 4 atom stereocenters. The van der Waals surface area contributed by atoms with Crippen molar-refractivity contribution in [2.45, 2.75) is 31.2 Å². The van der Waals surface area contributed by atoms with E-state index < -0.39 is 17.8 Å². The minimum absolute atomic E-state index is 0.107. The first-order valence-electron chi connectivity index (χ1n) is 8.67. The van der Waals surface area contributed by atoms with Gasteiger partial charge >= 0.3 is 0 Å². The van der Waals surface area contributed by atoms with Gasteiger partial charge in [-0.3, -0.25) is 14.9 Å². The summed E-state index contributed by atoms with van der Waals surface area (Å²) >= 11 is 0. The third-order valence-corrected chi connectivity index (χ3v) is 5.20. The van der Waals surface area contributed by atoms with Crippen molar-refractivity contribution in [1.29, 1.82) is 0 Å². The Morgan fingerprint density at radius 2 is 1.73 bits per heavy atom. The molecule has 1 aliphatic rings. The molecule has 0 fully saturated rings. The summed E-state index contributed by atoms with van der Waals surface area (Å²) in [6, 6.07) is 14.0. The van der Waals surface area contributed by atoms with Gasteiger partial charge in [0.15, 0.2) is 0 Å².